The van der Waals surface area contributed by atoms with E-state index in [0.29, 0.717) is 0 Å². The lowest BCUT2D eigenvalue weighted by atomic mass is 9.87. The lowest BCUT2D eigenvalue weighted by Gasteiger charge is -2.34. The highest BCUT2D eigenvalue weighted by molar-refractivity contribution is 5.74. The Labute approximate surface area is 142 Å². The minimum Gasteiger partial charge on any atom is -0.338 e. The number of piperidine rings is 1. The van der Waals surface area contributed by atoms with Gasteiger partial charge in [0.25, 0.3) is 0 Å². The molecule has 2 saturated heterocycles. The zero-order valence-electron chi connectivity index (χ0n) is 15.4. The van der Waals surface area contributed by atoms with Gasteiger partial charge in [-0.15, -0.1) is 0 Å². The summed E-state index contributed by atoms with van der Waals surface area (Å²) in [5.41, 5.74) is 0. The molecule has 5 heteroatoms. The van der Waals surface area contributed by atoms with Crippen LogP contribution < -0.4 is 5.32 Å². The van der Waals surface area contributed by atoms with E-state index in [0.717, 1.165) is 50.7 Å². The summed E-state index contributed by atoms with van der Waals surface area (Å²) in [6, 6.07) is 0.145. The van der Waals surface area contributed by atoms with Gasteiger partial charge in [-0.1, -0.05) is 13.8 Å². The van der Waals surface area contributed by atoms with Crippen molar-refractivity contribution in [1.29, 1.82) is 0 Å². The van der Waals surface area contributed by atoms with Gasteiger partial charge in [0, 0.05) is 45.8 Å². The number of piperazine rings is 1. The zero-order chi connectivity index (χ0) is 16.7. The Balaban J connectivity index is 1.50. The van der Waals surface area contributed by atoms with E-state index >= 15 is 0 Å². The van der Waals surface area contributed by atoms with Crippen LogP contribution in [0.2, 0.25) is 0 Å². The SMILES string of the molecule is CC(C)C1CCN(C(=O)NCCCCN2CCN(C)CC2)CC1. The number of carbonyl (C=O) groups excluding carboxylic acids is 1. The molecule has 1 N–H and O–H groups in total. The van der Waals surface area contributed by atoms with Crippen LogP contribution in [0, 0.1) is 11.8 Å². The molecule has 2 heterocycles. The Bertz CT molecular complexity index is 345. The molecule has 0 aromatic heterocycles. The molecular formula is C18H36N4O. The molecule has 2 fully saturated rings. The Kier molecular flexibility index (Phi) is 7.63. The second-order valence-electron chi connectivity index (χ2n) is 7.65. The van der Waals surface area contributed by atoms with Crippen LogP contribution in [0.25, 0.3) is 0 Å². The third-order valence-electron chi connectivity index (χ3n) is 5.54. The Morgan fingerprint density at radius 2 is 1.70 bits per heavy atom. The number of nitrogens with zero attached hydrogens (tertiary/aromatic N) is 3. The summed E-state index contributed by atoms with van der Waals surface area (Å²) < 4.78 is 0. The molecule has 0 unspecified atom stereocenters. The molecule has 5 nitrogen and oxygen atoms in total. The predicted molar refractivity (Wildman–Crippen MR) is 95.7 cm³/mol. The van der Waals surface area contributed by atoms with Gasteiger partial charge in [0.1, 0.15) is 0 Å². The first-order valence-corrected chi connectivity index (χ1v) is 9.50. The van der Waals surface area contributed by atoms with Crippen LogP contribution in [0.3, 0.4) is 0 Å². The van der Waals surface area contributed by atoms with Crippen LogP contribution >= 0.6 is 0 Å². The highest BCUT2D eigenvalue weighted by Crippen LogP contribution is 2.24. The number of hydrogen-bond acceptors (Lipinski definition) is 3. The average Bonchev–Trinajstić information content (AvgIpc) is 2.56. The molecule has 2 rings (SSSR count). The summed E-state index contributed by atoms with van der Waals surface area (Å²) in [6.07, 6.45) is 4.59. The number of likely N-dealkylation sites (tertiary alicyclic amines) is 1. The maximum Gasteiger partial charge on any atom is 0.317 e. The topological polar surface area (TPSA) is 38.8 Å². The highest BCUT2D eigenvalue weighted by atomic mass is 16.2. The van der Waals surface area contributed by atoms with E-state index in [1.54, 1.807) is 0 Å². The molecule has 0 aliphatic carbocycles. The van der Waals surface area contributed by atoms with Gasteiger partial charge in [0.15, 0.2) is 0 Å². The van der Waals surface area contributed by atoms with Crippen molar-refractivity contribution in [3.05, 3.63) is 0 Å². The van der Waals surface area contributed by atoms with Gasteiger partial charge >= 0.3 is 6.03 Å². The van der Waals surface area contributed by atoms with Crippen LogP contribution in [0.4, 0.5) is 4.79 Å². The van der Waals surface area contributed by atoms with Gasteiger partial charge in [-0.2, -0.15) is 0 Å². The van der Waals surface area contributed by atoms with E-state index in [-0.39, 0.29) is 6.03 Å². The fourth-order valence-electron chi connectivity index (χ4n) is 3.61. The van der Waals surface area contributed by atoms with Gasteiger partial charge in [-0.3, -0.25) is 0 Å². The summed E-state index contributed by atoms with van der Waals surface area (Å²) in [6.45, 7) is 13.2. The van der Waals surface area contributed by atoms with E-state index in [9.17, 15) is 4.79 Å². The number of carbonyl (C=O) groups is 1. The van der Waals surface area contributed by atoms with Crippen molar-refractivity contribution in [3.63, 3.8) is 0 Å². The zero-order valence-corrected chi connectivity index (χ0v) is 15.4. The largest absolute Gasteiger partial charge is 0.338 e. The van der Waals surface area contributed by atoms with Crippen LogP contribution in [0.15, 0.2) is 0 Å². The number of likely N-dealkylation sites (N-methyl/N-ethyl adjacent to an activating group) is 1. The molecule has 0 aromatic rings. The van der Waals surface area contributed by atoms with Gasteiger partial charge in [-0.05, 0) is 51.1 Å². The van der Waals surface area contributed by atoms with E-state index in [2.05, 4.69) is 36.0 Å². The molecule has 0 atom stereocenters. The predicted octanol–water partition coefficient (Wildman–Crippen LogP) is 2.09. The number of unbranched alkanes of at least 4 members (excludes halogenated alkanes) is 1. The molecule has 0 aromatic carbocycles. The Hall–Kier alpha value is -0.810. The third-order valence-corrected chi connectivity index (χ3v) is 5.54. The van der Waals surface area contributed by atoms with E-state index in [1.807, 2.05) is 4.90 Å². The Morgan fingerprint density at radius 3 is 2.30 bits per heavy atom. The first-order valence-electron chi connectivity index (χ1n) is 9.50. The van der Waals surface area contributed by atoms with Crippen LogP contribution in [-0.4, -0.2) is 80.1 Å². The summed E-state index contributed by atoms with van der Waals surface area (Å²) in [5.74, 6) is 1.54. The maximum absolute atomic E-state index is 12.2. The quantitative estimate of drug-likeness (QED) is 0.761. The summed E-state index contributed by atoms with van der Waals surface area (Å²) in [7, 11) is 2.19. The normalized spacial score (nSPS) is 21.8. The molecule has 2 aliphatic heterocycles. The number of rotatable bonds is 6. The molecule has 0 radical (unpaired) electrons. The molecular weight excluding hydrogens is 288 g/mol. The van der Waals surface area contributed by atoms with Gasteiger partial charge in [0.05, 0.1) is 0 Å². The first-order chi connectivity index (χ1) is 11.1. The van der Waals surface area contributed by atoms with Crippen LogP contribution in [0.5, 0.6) is 0 Å². The minimum atomic E-state index is 0.145. The standard InChI is InChI=1S/C18H36N4O/c1-16(2)17-6-10-22(11-7-17)18(23)19-8-4-5-9-21-14-12-20(3)13-15-21/h16-17H,4-15H2,1-3H3,(H,19,23). The number of amides is 2. The van der Waals surface area contributed by atoms with Crippen molar-refractivity contribution in [3.8, 4) is 0 Å². The lowest BCUT2D eigenvalue weighted by Crippen LogP contribution is -2.45. The van der Waals surface area contributed by atoms with Gasteiger partial charge in [-0.25, -0.2) is 4.79 Å². The molecule has 0 spiro atoms. The number of hydrogen-bond donors (Lipinski definition) is 1. The van der Waals surface area contributed by atoms with E-state index in [4.69, 9.17) is 0 Å². The molecule has 2 aliphatic rings. The fraction of sp³-hybridized carbons (Fsp3) is 0.944. The molecule has 0 saturated carbocycles. The van der Waals surface area contributed by atoms with E-state index in [1.165, 1.54) is 39.1 Å². The molecule has 0 bridgehead atoms. The van der Waals surface area contributed by atoms with Crippen molar-refractivity contribution in [2.45, 2.75) is 39.5 Å². The number of nitrogens with one attached hydrogen (secondary N) is 1. The van der Waals surface area contributed by atoms with Crippen LogP contribution in [-0.2, 0) is 0 Å². The molecule has 23 heavy (non-hydrogen) atoms. The monoisotopic (exact) mass is 324 g/mol. The number of urea groups is 1. The Morgan fingerprint density at radius 1 is 1.04 bits per heavy atom. The molecule has 134 valence electrons. The third kappa shape index (κ3) is 6.30. The van der Waals surface area contributed by atoms with Crippen molar-refractivity contribution >= 4 is 6.03 Å². The summed E-state index contributed by atoms with van der Waals surface area (Å²) in [4.78, 5) is 19.1. The second kappa shape index (κ2) is 9.48. The van der Waals surface area contributed by atoms with Gasteiger partial charge in [0.2, 0.25) is 0 Å². The van der Waals surface area contributed by atoms with Crippen molar-refractivity contribution in [2.24, 2.45) is 11.8 Å². The highest BCUT2D eigenvalue weighted by Gasteiger charge is 2.24. The summed E-state index contributed by atoms with van der Waals surface area (Å²) >= 11 is 0. The minimum absolute atomic E-state index is 0.145. The average molecular weight is 325 g/mol. The lowest BCUT2D eigenvalue weighted by molar-refractivity contribution is 0.150. The van der Waals surface area contributed by atoms with E-state index < -0.39 is 0 Å². The second-order valence-corrected chi connectivity index (χ2v) is 7.65. The fourth-order valence-corrected chi connectivity index (χ4v) is 3.61. The molecule has 2 amide bonds. The van der Waals surface area contributed by atoms with Gasteiger partial charge < -0.3 is 20.0 Å². The first kappa shape index (κ1) is 18.5. The van der Waals surface area contributed by atoms with Crippen molar-refractivity contribution in [2.75, 3.05) is 59.4 Å². The smallest absolute Gasteiger partial charge is 0.317 e. The maximum atomic E-state index is 12.2. The van der Waals surface area contributed by atoms with Crippen LogP contribution in [0.1, 0.15) is 39.5 Å². The van der Waals surface area contributed by atoms with Crippen molar-refractivity contribution in [1.82, 2.24) is 20.0 Å². The summed E-state index contributed by atoms with van der Waals surface area (Å²) in [5, 5.41) is 3.10. The van der Waals surface area contributed by atoms with Crippen molar-refractivity contribution < 1.29 is 4.79 Å².